The molecule has 16 heavy (non-hydrogen) atoms. The Morgan fingerprint density at radius 2 is 1.94 bits per heavy atom. The van der Waals surface area contributed by atoms with Crippen LogP contribution in [0.5, 0.6) is 0 Å². The van der Waals surface area contributed by atoms with Gasteiger partial charge in [0.05, 0.1) is 6.54 Å². The third-order valence-corrected chi connectivity index (χ3v) is 2.67. The highest BCUT2D eigenvalue weighted by Crippen LogP contribution is 2.32. The largest absolute Gasteiger partial charge is 0.444 e. The van der Waals surface area contributed by atoms with Crippen molar-refractivity contribution in [1.82, 2.24) is 5.32 Å². The lowest BCUT2D eigenvalue weighted by Gasteiger charge is -2.40. The topological polar surface area (TPSA) is 81.4 Å². The Kier molecular flexibility index (Phi) is 3.57. The molecule has 0 saturated heterocycles. The Morgan fingerprint density at radius 1 is 1.38 bits per heavy atom. The smallest absolute Gasteiger partial charge is 0.408 e. The van der Waals surface area contributed by atoms with Crippen LogP contribution in [0, 0.1) is 0 Å². The molecule has 0 aromatic carbocycles. The minimum atomic E-state index is -0.767. The van der Waals surface area contributed by atoms with Gasteiger partial charge in [-0.15, -0.1) is 0 Å². The number of carbonyl (C=O) groups excluding carboxylic acids is 2. The van der Waals surface area contributed by atoms with Gasteiger partial charge in [-0.1, -0.05) is 0 Å². The van der Waals surface area contributed by atoms with Gasteiger partial charge in [0, 0.05) is 0 Å². The second-order valence-electron chi connectivity index (χ2n) is 5.19. The number of nitrogens with two attached hydrogens (primary N) is 1. The first kappa shape index (κ1) is 13.0. The van der Waals surface area contributed by atoms with Crippen LogP contribution in [0.1, 0.15) is 40.0 Å². The minimum absolute atomic E-state index is 0.0458. The van der Waals surface area contributed by atoms with Crippen LogP contribution in [0.15, 0.2) is 0 Å². The van der Waals surface area contributed by atoms with Gasteiger partial charge in [0.1, 0.15) is 11.1 Å². The van der Waals surface area contributed by atoms with Crippen LogP contribution in [0.4, 0.5) is 4.79 Å². The number of alkyl carbamates (subject to hydrolysis) is 1. The van der Waals surface area contributed by atoms with E-state index in [2.05, 4.69) is 5.32 Å². The Hall–Kier alpha value is -1.10. The van der Waals surface area contributed by atoms with Gasteiger partial charge in [0.25, 0.3) is 0 Å². The lowest BCUT2D eigenvalue weighted by atomic mass is 9.73. The van der Waals surface area contributed by atoms with Crippen molar-refractivity contribution in [1.29, 1.82) is 0 Å². The maximum absolute atomic E-state index is 11.6. The Bertz CT molecular complexity index is 290. The van der Waals surface area contributed by atoms with Crippen LogP contribution >= 0.6 is 0 Å². The number of ketones is 1. The van der Waals surface area contributed by atoms with Crippen LogP contribution in [-0.2, 0) is 9.53 Å². The molecule has 5 heteroatoms. The van der Waals surface area contributed by atoms with Crippen molar-refractivity contribution < 1.29 is 14.3 Å². The van der Waals surface area contributed by atoms with Gasteiger partial charge in [-0.25, -0.2) is 4.79 Å². The molecule has 1 aliphatic rings. The van der Waals surface area contributed by atoms with Crippen molar-refractivity contribution in [3.8, 4) is 0 Å². The molecule has 1 saturated carbocycles. The summed E-state index contributed by atoms with van der Waals surface area (Å²) < 4.78 is 5.12. The van der Waals surface area contributed by atoms with E-state index >= 15 is 0 Å². The lowest BCUT2D eigenvalue weighted by molar-refractivity contribution is -0.127. The van der Waals surface area contributed by atoms with Gasteiger partial charge in [0.2, 0.25) is 0 Å². The van der Waals surface area contributed by atoms with E-state index in [0.717, 1.165) is 6.42 Å². The van der Waals surface area contributed by atoms with Crippen LogP contribution in [-0.4, -0.2) is 29.6 Å². The van der Waals surface area contributed by atoms with Crippen molar-refractivity contribution in [2.75, 3.05) is 6.54 Å². The molecular weight excluding hydrogens is 208 g/mol. The summed E-state index contributed by atoms with van der Waals surface area (Å²) in [5, 5.41) is 2.65. The standard InChI is InChI=1S/C11H20N2O3/c1-10(2,3)16-9(15)13-11(5-4-6-11)8(14)7-12/h4-7,12H2,1-3H3,(H,13,15). The van der Waals surface area contributed by atoms with Crippen molar-refractivity contribution in [2.45, 2.75) is 51.2 Å². The molecule has 1 fully saturated rings. The van der Waals surface area contributed by atoms with Crippen LogP contribution < -0.4 is 11.1 Å². The number of amides is 1. The number of Topliss-reactive ketones (excluding diaryl/α,β-unsaturated/α-hetero) is 1. The maximum Gasteiger partial charge on any atom is 0.408 e. The molecule has 0 atom stereocenters. The van der Waals surface area contributed by atoms with Gasteiger partial charge in [-0.3, -0.25) is 4.79 Å². The highest BCUT2D eigenvalue weighted by atomic mass is 16.6. The number of rotatable bonds is 3. The molecule has 0 radical (unpaired) electrons. The molecule has 0 aliphatic heterocycles. The normalized spacial score (nSPS) is 18.5. The van der Waals surface area contributed by atoms with Crippen LogP contribution in [0.2, 0.25) is 0 Å². The summed E-state index contributed by atoms with van der Waals surface area (Å²) in [6.45, 7) is 5.30. The third kappa shape index (κ3) is 2.95. The molecule has 0 aromatic rings. The molecule has 1 rings (SSSR count). The van der Waals surface area contributed by atoms with Gasteiger partial charge >= 0.3 is 6.09 Å². The molecule has 0 bridgehead atoms. The highest BCUT2D eigenvalue weighted by Gasteiger charge is 2.45. The number of nitrogens with one attached hydrogen (secondary N) is 1. The summed E-state index contributed by atoms with van der Waals surface area (Å²) in [7, 11) is 0. The second kappa shape index (κ2) is 4.41. The first-order chi connectivity index (χ1) is 7.29. The number of hydrogen-bond acceptors (Lipinski definition) is 4. The number of ether oxygens (including phenoxy) is 1. The lowest BCUT2D eigenvalue weighted by Crippen LogP contribution is -2.61. The monoisotopic (exact) mass is 228 g/mol. The Balaban J connectivity index is 2.58. The van der Waals surface area contributed by atoms with E-state index in [-0.39, 0.29) is 12.3 Å². The van der Waals surface area contributed by atoms with E-state index in [9.17, 15) is 9.59 Å². The predicted molar refractivity (Wildman–Crippen MR) is 60.0 cm³/mol. The van der Waals surface area contributed by atoms with Crippen molar-refractivity contribution in [3.05, 3.63) is 0 Å². The Morgan fingerprint density at radius 3 is 2.25 bits per heavy atom. The van der Waals surface area contributed by atoms with Gasteiger partial charge in [0.15, 0.2) is 5.78 Å². The van der Waals surface area contributed by atoms with Gasteiger partial charge in [-0.2, -0.15) is 0 Å². The average Bonchev–Trinajstić information content (AvgIpc) is 2.07. The van der Waals surface area contributed by atoms with Gasteiger partial charge in [-0.05, 0) is 40.0 Å². The number of hydrogen-bond donors (Lipinski definition) is 2. The molecule has 1 aliphatic carbocycles. The zero-order valence-corrected chi connectivity index (χ0v) is 10.1. The molecule has 0 heterocycles. The molecule has 0 spiro atoms. The minimum Gasteiger partial charge on any atom is -0.444 e. The highest BCUT2D eigenvalue weighted by molar-refractivity contribution is 5.93. The maximum atomic E-state index is 11.6. The van der Waals surface area contributed by atoms with Gasteiger partial charge < -0.3 is 15.8 Å². The zero-order valence-electron chi connectivity index (χ0n) is 10.1. The molecule has 92 valence electrons. The summed E-state index contributed by atoms with van der Waals surface area (Å²) in [4.78, 5) is 23.2. The summed E-state index contributed by atoms with van der Waals surface area (Å²) >= 11 is 0. The molecule has 3 N–H and O–H groups in total. The third-order valence-electron chi connectivity index (χ3n) is 2.67. The van der Waals surface area contributed by atoms with E-state index in [1.807, 2.05) is 0 Å². The fourth-order valence-electron chi connectivity index (χ4n) is 1.70. The SMILES string of the molecule is CC(C)(C)OC(=O)NC1(C(=O)CN)CCC1. The quantitative estimate of drug-likeness (QED) is 0.754. The van der Waals surface area contributed by atoms with E-state index in [0.29, 0.717) is 12.8 Å². The number of carbonyl (C=O) groups is 2. The van der Waals surface area contributed by atoms with E-state index in [1.54, 1.807) is 20.8 Å². The molecular formula is C11H20N2O3. The first-order valence-corrected chi connectivity index (χ1v) is 5.54. The van der Waals surface area contributed by atoms with Crippen molar-refractivity contribution >= 4 is 11.9 Å². The summed E-state index contributed by atoms with van der Waals surface area (Å²) in [6, 6.07) is 0. The van der Waals surface area contributed by atoms with E-state index in [1.165, 1.54) is 0 Å². The summed E-state index contributed by atoms with van der Waals surface area (Å²) in [5.41, 5.74) is 4.01. The van der Waals surface area contributed by atoms with Crippen LogP contribution in [0.25, 0.3) is 0 Å². The molecule has 0 aromatic heterocycles. The van der Waals surface area contributed by atoms with Crippen molar-refractivity contribution in [3.63, 3.8) is 0 Å². The molecule has 5 nitrogen and oxygen atoms in total. The fourth-order valence-corrected chi connectivity index (χ4v) is 1.70. The predicted octanol–water partition coefficient (Wildman–Crippen LogP) is 0.962. The second-order valence-corrected chi connectivity index (χ2v) is 5.19. The summed E-state index contributed by atoms with van der Waals surface area (Å²) in [5.74, 6) is -0.121. The average molecular weight is 228 g/mol. The van der Waals surface area contributed by atoms with E-state index < -0.39 is 17.2 Å². The fraction of sp³-hybridized carbons (Fsp3) is 0.818. The molecule has 0 unspecified atom stereocenters. The van der Waals surface area contributed by atoms with E-state index in [4.69, 9.17) is 10.5 Å². The van der Waals surface area contributed by atoms with Crippen LogP contribution in [0.3, 0.4) is 0 Å². The van der Waals surface area contributed by atoms with Crippen molar-refractivity contribution in [2.24, 2.45) is 5.73 Å². The molecule has 1 amide bonds. The Labute approximate surface area is 95.7 Å². The zero-order chi connectivity index (χ0) is 12.4. The summed E-state index contributed by atoms with van der Waals surface area (Å²) in [6.07, 6.45) is 1.69. The first-order valence-electron chi connectivity index (χ1n) is 5.54.